The summed E-state index contributed by atoms with van der Waals surface area (Å²) >= 11 is 2.11. The average molecular weight is 236 g/mol. The highest BCUT2D eigenvalue weighted by molar-refractivity contribution is 14.2. The molecule has 0 aromatic heterocycles. The second-order valence-corrected chi connectivity index (χ2v) is 3.51. The van der Waals surface area contributed by atoms with Gasteiger partial charge in [0.15, 0.2) is 0 Å². The molecule has 0 aromatic rings. The number of hydrogen-bond acceptors (Lipinski definition) is 2. The van der Waals surface area contributed by atoms with Crippen LogP contribution in [0.5, 0.6) is 0 Å². The van der Waals surface area contributed by atoms with Crippen LogP contribution in [0.4, 0.5) is 0 Å². The van der Waals surface area contributed by atoms with Gasteiger partial charge in [0, 0.05) is 30.0 Å². The van der Waals surface area contributed by atoms with Gasteiger partial charge in [-0.3, -0.25) is 3.97 Å². The van der Waals surface area contributed by atoms with Crippen LogP contribution >= 0.6 is 39.2 Å². The van der Waals surface area contributed by atoms with Crippen molar-refractivity contribution in [3.05, 3.63) is 0 Å². The highest BCUT2D eigenvalue weighted by Gasteiger charge is 1.75. The van der Waals surface area contributed by atoms with Crippen molar-refractivity contribution < 1.29 is 3.97 Å². The molecule has 0 aromatic carbocycles. The van der Waals surface area contributed by atoms with E-state index >= 15 is 0 Å². The van der Waals surface area contributed by atoms with Crippen LogP contribution in [0, 0.1) is 0 Å². The number of hydrogen-bond donors (Lipinski definition) is 0. The van der Waals surface area contributed by atoms with Crippen molar-refractivity contribution in [2.24, 2.45) is 0 Å². The van der Waals surface area contributed by atoms with E-state index in [1.54, 1.807) is 0 Å². The average Bonchev–Trinajstić information content (AvgIpc) is 1.61. The summed E-state index contributed by atoms with van der Waals surface area (Å²) in [5, 5.41) is 0. The van der Waals surface area contributed by atoms with Crippen LogP contribution in [-0.2, 0) is 3.97 Å². The van der Waals surface area contributed by atoms with Gasteiger partial charge < -0.3 is 0 Å². The van der Waals surface area contributed by atoms with E-state index in [1.807, 2.05) is 0 Å². The second kappa shape index (κ2) is 6.47. The van der Waals surface area contributed by atoms with Crippen molar-refractivity contribution in [2.45, 2.75) is 6.92 Å². The molecule has 1 unspecified atom stereocenters. The van der Waals surface area contributed by atoms with Gasteiger partial charge in [-0.15, -0.1) is 0 Å². The van der Waals surface area contributed by atoms with Gasteiger partial charge in [-0.25, -0.2) is 0 Å². The molecule has 0 aliphatic rings. The van der Waals surface area contributed by atoms with Crippen molar-refractivity contribution in [2.75, 3.05) is 6.16 Å². The topological polar surface area (TPSA) is 9.23 Å². The zero-order valence-corrected chi connectivity index (χ0v) is 7.38. The van der Waals surface area contributed by atoms with Crippen molar-refractivity contribution in [1.82, 2.24) is 0 Å². The summed E-state index contributed by atoms with van der Waals surface area (Å²) in [6.07, 6.45) is 1.13. The first kappa shape index (κ1) is 7.47. The first-order chi connectivity index (χ1) is 2.91. The molecule has 0 aliphatic carbocycles. The fourth-order valence-corrected chi connectivity index (χ4v) is 1.87. The molecule has 4 heteroatoms. The zero-order chi connectivity index (χ0) is 4.83. The summed E-state index contributed by atoms with van der Waals surface area (Å²) in [4.78, 5) is 0. The Morgan fingerprint density at radius 2 is 2.67 bits per heavy atom. The van der Waals surface area contributed by atoms with Crippen LogP contribution in [0.15, 0.2) is 0 Å². The standard InChI is InChI=1S/C2H6IOPS/c1-2-5-4-6-3/h5H,2H2,1H3. The summed E-state index contributed by atoms with van der Waals surface area (Å²) in [6.45, 7) is 2.10. The number of halogens is 1. The van der Waals surface area contributed by atoms with Gasteiger partial charge in [-0.2, -0.15) is 0 Å². The largest absolute Gasteiger partial charge is 0.286 e. The van der Waals surface area contributed by atoms with Gasteiger partial charge in [0.1, 0.15) is 0 Å². The van der Waals surface area contributed by atoms with E-state index in [0.29, 0.717) is 8.81 Å². The maximum Gasteiger partial charge on any atom is 0.0685 e. The molecule has 1 nitrogen and oxygen atoms in total. The summed E-state index contributed by atoms with van der Waals surface area (Å²) in [5.74, 6) is 0. The van der Waals surface area contributed by atoms with E-state index in [1.165, 1.54) is 9.21 Å². The Kier molecular flexibility index (Phi) is 8.06. The second-order valence-electron chi connectivity index (χ2n) is 0.644. The van der Waals surface area contributed by atoms with E-state index < -0.39 is 0 Å². The minimum Gasteiger partial charge on any atom is -0.286 e. The first-order valence-electron chi connectivity index (χ1n) is 1.59. The Morgan fingerprint density at radius 3 is 2.83 bits per heavy atom. The van der Waals surface area contributed by atoms with Crippen molar-refractivity contribution >= 4 is 39.2 Å². The third kappa shape index (κ3) is 5.47. The molecule has 0 N–H and O–H groups in total. The van der Waals surface area contributed by atoms with Crippen LogP contribution in [0.3, 0.4) is 0 Å². The van der Waals surface area contributed by atoms with Crippen molar-refractivity contribution in [1.29, 1.82) is 0 Å². The molecule has 0 bridgehead atoms. The van der Waals surface area contributed by atoms with Gasteiger partial charge >= 0.3 is 0 Å². The van der Waals surface area contributed by atoms with Crippen LogP contribution in [0.25, 0.3) is 0 Å². The van der Waals surface area contributed by atoms with Crippen molar-refractivity contribution in [3.63, 3.8) is 0 Å². The third-order valence-corrected chi connectivity index (χ3v) is 2.86. The highest BCUT2D eigenvalue weighted by atomic mass is 127. The van der Waals surface area contributed by atoms with Gasteiger partial charge in [0.25, 0.3) is 0 Å². The zero-order valence-electron chi connectivity index (χ0n) is 3.40. The maximum atomic E-state index is 4.91. The summed E-state index contributed by atoms with van der Waals surface area (Å²) in [6, 6.07) is 0. The lowest BCUT2D eigenvalue weighted by atomic mass is 11.0. The van der Waals surface area contributed by atoms with Gasteiger partial charge in [-0.05, 0) is 6.16 Å². The van der Waals surface area contributed by atoms with Gasteiger partial charge in [-0.1, -0.05) is 6.92 Å². The Balaban J connectivity index is 2.34. The normalized spacial score (nSPS) is 11.0. The summed E-state index contributed by atoms with van der Waals surface area (Å²) in [5.41, 5.74) is 0. The molecule has 0 amide bonds. The Labute approximate surface area is 56.3 Å². The molecule has 38 valence electrons. The van der Waals surface area contributed by atoms with Crippen LogP contribution in [-0.4, -0.2) is 6.16 Å². The van der Waals surface area contributed by atoms with Gasteiger partial charge in [0.2, 0.25) is 0 Å². The molecular formula is C2H6IOPS. The van der Waals surface area contributed by atoms with Crippen LogP contribution in [0.2, 0.25) is 0 Å². The molecule has 0 rings (SSSR count). The Morgan fingerprint density at radius 1 is 2.00 bits per heavy atom. The molecular weight excluding hydrogens is 230 g/mol. The predicted molar refractivity (Wildman–Crippen MR) is 41.6 cm³/mol. The summed E-state index contributed by atoms with van der Waals surface area (Å²) in [7, 11) is 2.08. The van der Waals surface area contributed by atoms with E-state index in [9.17, 15) is 0 Å². The lowest BCUT2D eigenvalue weighted by Crippen LogP contribution is -1.55. The van der Waals surface area contributed by atoms with Crippen LogP contribution < -0.4 is 0 Å². The first-order valence-corrected chi connectivity index (χ1v) is 5.99. The summed E-state index contributed by atoms with van der Waals surface area (Å²) < 4.78 is 4.91. The molecule has 0 heterocycles. The SMILES string of the molecule is CCPOSI. The fourth-order valence-electron chi connectivity index (χ4n) is 0.0812. The number of rotatable bonds is 3. The molecule has 1 atom stereocenters. The minimum absolute atomic E-state index is 0.670. The monoisotopic (exact) mass is 236 g/mol. The van der Waals surface area contributed by atoms with Gasteiger partial charge in [0.05, 0.1) is 9.21 Å². The third-order valence-electron chi connectivity index (χ3n) is 0.235. The molecule has 0 saturated heterocycles. The maximum absolute atomic E-state index is 4.91. The molecule has 6 heavy (non-hydrogen) atoms. The van der Waals surface area contributed by atoms with E-state index in [-0.39, 0.29) is 0 Å². The van der Waals surface area contributed by atoms with E-state index in [4.69, 9.17) is 3.97 Å². The van der Waals surface area contributed by atoms with E-state index in [2.05, 4.69) is 28.1 Å². The van der Waals surface area contributed by atoms with E-state index in [0.717, 1.165) is 6.16 Å². The molecule has 0 fully saturated rings. The molecule has 0 spiro atoms. The Hall–Kier alpha value is 1.47. The lowest BCUT2D eigenvalue weighted by molar-refractivity contribution is 0.754. The highest BCUT2D eigenvalue weighted by Crippen LogP contribution is 2.25. The van der Waals surface area contributed by atoms with Crippen LogP contribution in [0.1, 0.15) is 6.92 Å². The molecule has 0 radical (unpaired) electrons. The fraction of sp³-hybridized carbons (Fsp3) is 1.00. The van der Waals surface area contributed by atoms with Crippen molar-refractivity contribution in [3.8, 4) is 0 Å². The quantitative estimate of drug-likeness (QED) is 0.322. The lowest BCUT2D eigenvalue weighted by Gasteiger charge is -1.87. The minimum atomic E-state index is 0.670. The predicted octanol–water partition coefficient (Wildman–Crippen LogP) is 2.61. The molecule has 0 saturated carbocycles. The Bertz CT molecular complexity index is 25.5. The smallest absolute Gasteiger partial charge is 0.0685 e. The molecule has 0 aliphatic heterocycles.